The quantitative estimate of drug-likeness (QED) is 0.571. The van der Waals surface area contributed by atoms with E-state index in [0.29, 0.717) is 24.4 Å². The number of benzene rings is 2. The Morgan fingerprint density at radius 2 is 1.79 bits per heavy atom. The van der Waals surface area contributed by atoms with Gasteiger partial charge in [0.1, 0.15) is 11.8 Å². The smallest absolute Gasteiger partial charge is 0.244 e. The molecule has 0 aromatic heterocycles. The molecule has 1 aliphatic heterocycles. The summed E-state index contributed by atoms with van der Waals surface area (Å²) in [6.45, 7) is 5.23. The molecule has 180 valence electrons. The van der Waals surface area contributed by atoms with Crippen LogP contribution in [-0.4, -0.2) is 51.7 Å². The van der Waals surface area contributed by atoms with Gasteiger partial charge < -0.3 is 10.1 Å². The molecule has 1 heterocycles. The number of anilines is 1. The summed E-state index contributed by atoms with van der Waals surface area (Å²) in [4.78, 5) is 15.7. The first-order valence-corrected chi connectivity index (χ1v) is 13.4. The van der Waals surface area contributed by atoms with E-state index >= 15 is 0 Å². The fourth-order valence-corrected chi connectivity index (χ4v) is 5.55. The first kappa shape index (κ1) is 25.1. The van der Waals surface area contributed by atoms with Gasteiger partial charge in [-0.25, -0.2) is 8.42 Å². The van der Waals surface area contributed by atoms with Gasteiger partial charge in [-0.3, -0.25) is 14.0 Å². The predicted molar refractivity (Wildman–Crippen MR) is 132 cm³/mol. The monoisotopic (exact) mass is 473 g/mol. The van der Waals surface area contributed by atoms with Crippen molar-refractivity contribution >= 4 is 21.6 Å². The summed E-state index contributed by atoms with van der Waals surface area (Å²) in [5.74, 6) is 0.210. The molecule has 1 unspecified atom stereocenters. The average molecular weight is 474 g/mol. The van der Waals surface area contributed by atoms with Crippen molar-refractivity contribution in [2.75, 3.05) is 30.8 Å². The SMILES string of the molecule is CCC(C(=O)NCc1ccccc1CN1CCCCC1)N(c1cccc(OC)c1)S(C)(=O)=O. The van der Waals surface area contributed by atoms with Crippen molar-refractivity contribution in [1.82, 2.24) is 10.2 Å². The van der Waals surface area contributed by atoms with Gasteiger partial charge in [0.25, 0.3) is 0 Å². The largest absolute Gasteiger partial charge is 0.497 e. The van der Waals surface area contributed by atoms with Gasteiger partial charge in [-0.05, 0) is 55.6 Å². The minimum atomic E-state index is -3.70. The number of nitrogens with zero attached hydrogens (tertiary/aromatic N) is 2. The maximum Gasteiger partial charge on any atom is 0.244 e. The highest BCUT2D eigenvalue weighted by molar-refractivity contribution is 7.92. The molecule has 2 aromatic rings. The molecule has 3 rings (SSSR count). The van der Waals surface area contributed by atoms with E-state index in [1.807, 2.05) is 25.1 Å². The Morgan fingerprint density at radius 3 is 2.42 bits per heavy atom. The van der Waals surface area contributed by atoms with Gasteiger partial charge in [-0.15, -0.1) is 0 Å². The lowest BCUT2D eigenvalue weighted by atomic mass is 10.0. The van der Waals surface area contributed by atoms with E-state index < -0.39 is 16.1 Å². The highest BCUT2D eigenvalue weighted by Gasteiger charge is 2.31. The molecular formula is C25H35N3O4S. The van der Waals surface area contributed by atoms with Crippen LogP contribution in [0, 0.1) is 0 Å². The van der Waals surface area contributed by atoms with Crippen LogP contribution < -0.4 is 14.4 Å². The third kappa shape index (κ3) is 6.71. The molecule has 0 spiro atoms. The second-order valence-electron chi connectivity index (χ2n) is 8.51. The molecule has 33 heavy (non-hydrogen) atoms. The zero-order valence-electron chi connectivity index (χ0n) is 19.8. The summed E-state index contributed by atoms with van der Waals surface area (Å²) in [6.07, 6.45) is 5.20. The molecule has 7 nitrogen and oxygen atoms in total. The number of hydrogen-bond donors (Lipinski definition) is 1. The number of piperidine rings is 1. The predicted octanol–water partition coefficient (Wildman–Crippen LogP) is 3.54. The van der Waals surface area contributed by atoms with Crippen LogP contribution in [0.15, 0.2) is 48.5 Å². The van der Waals surface area contributed by atoms with Gasteiger partial charge in [-0.2, -0.15) is 0 Å². The summed E-state index contributed by atoms with van der Waals surface area (Å²) >= 11 is 0. The normalized spacial score (nSPS) is 15.6. The first-order valence-electron chi connectivity index (χ1n) is 11.5. The summed E-state index contributed by atoms with van der Waals surface area (Å²) in [5, 5.41) is 2.98. The summed E-state index contributed by atoms with van der Waals surface area (Å²) < 4.78 is 31.8. The number of ether oxygens (including phenoxy) is 1. The highest BCUT2D eigenvalue weighted by atomic mass is 32.2. The summed E-state index contributed by atoms with van der Waals surface area (Å²) in [7, 11) is -2.18. The van der Waals surface area contributed by atoms with Gasteiger partial charge >= 0.3 is 0 Å². The van der Waals surface area contributed by atoms with Gasteiger partial charge in [-0.1, -0.05) is 43.7 Å². The first-order chi connectivity index (χ1) is 15.8. The van der Waals surface area contributed by atoms with E-state index in [9.17, 15) is 13.2 Å². The van der Waals surface area contributed by atoms with Crippen molar-refractivity contribution in [1.29, 1.82) is 0 Å². The third-order valence-electron chi connectivity index (χ3n) is 6.05. The minimum Gasteiger partial charge on any atom is -0.497 e. The summed E-state index contributed by atoms with van der Waals surface area (Å²) in [5.41, 5.74) is 2.66. The second kappa shape index (κ2) is 11.5. The second-order valence-corrected chi connectivity index (χ2v) is 10.4. The zero-order chi connectivity index (χ0) is 23.8. The van der Waals surface area contributed by atoms with Crippen molar-refractivity contribution in [3.8, 4) is 5.75 Å². The van der Waals surface area contributed by atoms with Crippen molar-refractivity contribution in [3.63, 3.8) is 0 Å². The Kier molecular flexibility index (Phi) is 8.74. The molecule has 1 amide bonds. The molecule has 1 aliphatic rings. The molecule has 0 radical (unpaired) electrons. The maximum absolute atomic E-state index is 13.2. The molecular weight excluding hydrogens is 438 g/mol. The number of amides is 1. The Bertz CT molecular complexity index is 1040. The number of hydrogen-bond acceptors (Lipinski definition) is 5. The number of sulfonamides is 1. The molecule has 0 bridgehead atoms. The Hall–Kier alpha value is -2.58. The molecule has 1 N–H and O–H groups in total. The van der Waals surface area contributed by atoms with Gasteiger partial charge in [0, 0.05) is 19.2 Å². The lowest BCUT2D eigenvalue weighted by molar-refractivity contribution is -0.122. The number of nitrogens with one attached hydrogen (secondary N) is 1. The van der Waals surface area contributed by atoms with E-state index in [-0.39, 0.29) is 5.91 Å². The molecule has 1 saturated heterocycles. The number of methoxy groups -OCH3 is 1. The lowest BCUT2D eigenvalue weighted by Crippen LogP contribution is -2.49. The number of rotatable bonds is 10. The Labute approximate surface area is 197 Å². The van der Waals surface area contributed by atoms with Crippen LogP contribution >= 0.6 is 0 Å². The van der Waals surface area contributed by atoms with Crippen LogP contribution in [0.25, 0.3) is 0 Å². The average Bonchev–Trinajstić information content (AvgIpc) is 2.81. The van der Waals surface area contributed by atoms with Crippen LogP contribution in [0.3, 0.4) is 0 Å². The molecule has 1 fully saturated rings. The van der Waals surface area contributed by atoms with E-state index in [0.717, 1.165) is 31.5 Å². The topological polar surface area (TPSA) is 79.0 Å². The fraction of sp³-hybridized carbons (Fsp3) is 0.480. The van der Waals surface area contributed by atoms with Crippen molar-refractivity contribution < 1.29 is 17.9 Å². The number of likely N-dealkylation sites (tertiary alicyclic amines) is 1. The van der Waals surface area contributed by atoms with E-state index in [4.69, 9.17) is 4.74 Å². The number of carbonyl (C=O) groups excluding carboxylic acids is 1. The van der Waals surface area contributed by atoms with Crippen molar-refractivity contribution in [3.05, 3.63) is 59.7 Å². The molecule has 0 saturated carbocycles. The van der Waals surface area contributed by atoms with Crippen molar-refractivity contribution in [2.45, 2.75) is 51.7 Å². The van der Waals surface area contributed by atoms with E-state index in [2.05, 4.69) is 16.3 Å². The van der Waals surface area contributed by atoms with Crippen LogP contribution in [-0.2, 0) is 27.9 Å². The van der Waals surface area contributed by atoms with Gasteiger partial charge in [0.15, 0.2) is 0 Å². The zero-order valence-corrected chi connectivity index (χ0v) is 20.6. The van der Waals surface area contributed by atoms with Crippen LogP contribution in [0.2, 0.25) is 0 Å². The van der Waals surface area contributed by atoms with Crippen molar-refractivity contribution in [2.24, 2.45) is 0 Å². The summed E-state index contributed by atoms with van der Waals surface area (Å²) in [6, 6.07) is 14.0. The molecule has 0 aliphatic carbocycles. The highest BCUT2D eigenvalue weighted by Crippen LogP contribution is 2.26. The fourth-order valence-electron chi connectivity index (χ4n) is 4.35. The molecule has 8 heteroatoms. The van der Waals surface area contributed by atoms with Crippen LogP contribution in [0.1, 0.15) is 43.7 Å². The molecule has 2 aromatic carbocycles. The maximum atomic E-state index is 13.2. The van der Waals surface area contributed by atoms with Crippen LogP contribution in [0.5, 0.6) is 5.75 Å². The van der Waals surface area contributed by atoms with E-state index in [1.54, 1.807) is 24.3 Å². The molecule has 1 atom stereocenters. The Balaban J connectivity index is 1.76. The standard InChI is InChI=1S/C25H35N3O4S/c1-4-24(28(33(3,30)31)22-13-10-14-23(17-22)32-2)25(29)26-18-20-11-6-7-12-21(20)19-27-15-8-5-9-16-27/h6-7,10-14,17,24H,4-5,8-9,15-16,18-19H2,1-3H3,(H,26,29). The Morgan fingerprint density at radius 1 is 1.09 bits per heavy atom. The van der Waals surface area contributed by atoms with Gasteiger partial charge in [0.05, 0.1) is 19.1 Å². The number of carbonyl (C=O) groups is 1. The van der Waals surface area contributed by atoms with E-state index in [1.165, 1.54) is 36.2 Å². The van der Waals surface area contributed by atoms with Crippen LogP contribution in [0.4, 0.5) is 5.69 Å². The lowest BCUT2D eigenvalue weighted by Gasteiger charge is -2.30. The third-order valence-corrected chi connectivity index (χ3v) is 7.23. The van der Waals surface area contributed by atoms with Gasteiger partial charge in [0.2, 0.25) is 15.9 Å². The minimum absolute atomic E-state index is 0.321.